The summed E-state index contributed by atoms with van der Waals surface area (Å²) >= 11 is 0. The monoisotopic (exact) mass is 179 g/mol. The minimum atomic E-state index is 0.0117. The highest BCUT2D eigenvalue weighted by Crippen LogP contribution is 2.16. The van der Waals surface area contributed by atoms with Gasteiger partial charge in [-0.1, -0.05) is 6.08 Å². The number of rotatable bonds is 2. The first-order valence-corrected chi connectivity index (χ1v) is 4.70. The number of piperazine rings is 1. The van der Waals surface area contributed by atoms with Crippen LogP contribution in [0.25, 0.3) is 0 Å². The summed E-state index contributed by atoms with van der Waals surface area (Å²) in [6.45, 7) is 8.50. The number of hydrogen-bond acceptors (Lipinski definition) is 3. The van der Waals surface area contributed by atoms with Crippen LogP contribution in [0.1, 0.15) is 13.8 Å². The Balaban J connectivity index is 2.56. The van der Waals surface area contributed by atoms with E-state index < -0.39 is 0 Å². The molecule has 1 saturated heterocycles. The average molecular weight is 179 g/mol. The molecule has 13 heavy (non-hydrogen) atoms. The molecule has 3 heteroatoms. The van der Waals surface area contributed by atoms with Crippen LogP contribution >= 0.6 is 0 Å². The number of allylic oxidation sites excluding steroid dienone is 1. The molecule has 3 nitrogen and oxygen atoms in total. The summed E-state index contributed by atoms with van der Waals surface area (Å²) in [6, 6.07) is 2.04. The van der Waals surface area contributed by atoms with Crippen molar-refractivity contribution in [3.05, 3.63) is 12.2 Å². The standard InChI is InChI=1S/C10H17N3/c1-10(2,4-3-5-11)13-8-6-12-7-9-13/h3-4,12H,6-9H2,1-2H3. The van der Waals surface area contributed by atoms with Crippen LogP contribution in [0.3, 0.4) is 0 Å². The molecule has 0 spiro atoms. The summed E-state index contributed by atoms with van der Waals surface area (Å²) in [5.74, 6) is 0. The van der Waals surface area contributed by atoms with E-state index in [-0.39, 0.29) is 5.54 Å². The molecule has 0 radical (unpaired) electrons. The van der Waals surface area contributed by atoms with E-state index in [4.69, 9.17) is 5.26 Å². The number of hydrogen-bond donors (Lipinski definition) is 1. The molecule has 1 N–H and O–H groups in total. The summed E-state index contributed by atoms with van der Waals surface area (Å²) in [5, 5.41) is 11.8. The normalized spacial score (nSPS) is 20.4. The summed E-state index contributed by atoms with van der Waals surface area (Å²) in [5.41, 5.74) is 0.0117. The highest BCUT2D eigenvalue weighted by molar-refractivity contribution is 5.11. The van der Waals surface area contributed by atoms with Crippen molar-refractivity contribution in [2.75, 3.05) is 26.2 Å². The van der Waals surface area contributed by atoms with Crippen LogP contribution in [0.2, 0.25) is 0 Å². The fraction of sp³-hybridized carbons (Fsp3) is 0.700. The van der Waals surface area contributed by atoms with Crippen molar-refractivity contribution >= 4 is 0 Å². The van der Waals surface area contributed by atoms with Gasteiger partial charge < -0.3 is 5.32 Å². The van der Waals surface area contributed by atoms with Gasteiger partial charge in [0.15, 0.2) is 0 Å². The van der Waals surface area contributed by atoms with E-state index in [1.54, 1.807) is 6.08 Å². The van der Waals surface area contributed by atoms with Crippen LogP contribution in [0.5, 0.6) is 0 Å². The minimum Gasteiger partial charge on any atom is -0.314 e. The number of nitriles is 1. The van der Waals surface area contributed by atoms with Gasteiger partial charge in [0.25, 0.3) is 0 Å². The van der Waals surface area contributed by atoms with Crippen molar-refractivity contribution in [2.45, 2.75) is 19.4 Å². The Morgan fingerprint density at radius 3 is 2.54 bits per heavy atom. The minimum absolute atomic E-state index is 0.0117. The molecule has 0 aromatic heterocycles. The maximum Gasteiger partial charge on any atom is 0.0909 e. The maximum absolute atomic E-state index is 8.46. The van der Waals surface area contributed by atoms with Crippen LogP contribution in [-0.4, -0.2) is 36.6 Å². The summed E-state index contributed by atoms with van der Waals surface area (Å²) in [4.78, 5) is 2.39. The lowest BCUT2D eigenvalue weighted by atomic mass is 10.0. The zero-order valence-corrected chi connectivity index (χ0v) is 8.38. The number of nitrogens with zero attached hydrogens (tertiary/aromatic N) is 2. The third-order valence-electron chi connectivity index (χ3n) is 2.50. The molecule has 1 rings (SSSR count). The van der Waals surface area contributed by atoms with Gasteiger partial charge in [0.1, 0.15) is 0 Å². The lowest BCUT2D eigenvalue weighted by Crippen LogP contribution is -2.52. The molecule has 1 heterocycles. The molecule has 0 atom stereocenters. The van der Waals surface area contributed by atoms with Crippen LogP contribution < -0.4 is 5.32 Å². The Hall–Kier alpha value is -0.850. The second-order valence-corrected chi connectivity index (χ2v) is 3.85. The predicted molar refractivity (Wildman–Crippen MR) is 53.3 cm³/mol. The highest BCUT2D eigenvalue weighted by atomic mass is 15.2. The van der Waals surface area contributed by atoms with E-state index in [0.717, 1.165) is 26.2 Å². The van der Waals surface area contributed by atoms with Crippen molar-refractivity contribution in [2.24, 2.45) is 0 Å². The van der Waals surface area contributed by atoms with Crippen molar-refractivity contribution in [3.8, 4) is 6.07 Å². The molecule has 0 aromatic carbocycles. The molecular weight excluding hydrogens is 162 g/mol. The van der Waals surface area contributed by atoms with Crippen molar-refractivity contribution in [1.29, 1.82) is 5.26 Å². The predicted octanol–water partition coefficient (Wildman–Crippen LogP) is 0.750. The smallest absolute Gasteiger partial charge is 0.0909 e. The molecular formula is C10H17N3. The maximum atomic E-state index is 8.46. The van der Waals surface area contributed by atoms with Gasteiger partial charge >= 0.3 is 0 Å². The number of nitrogens with one attached hydrogen (secondary N) is 1. The van der Waals surface area contributed by atoms with Crippen LogP contribution in [0.4, 0.5) is 0 Å². The van der Waals surface area contributed by atoms with Crippen LogP contribution in [0.15, 0.2) is 12.2 Å². The fourth-order valence-corrected chi connectivity index (χ4v) is 1.59. The van der Waals surface area contributed by atoms with Crippen LogP contribution in [-0.2, 0) is 0 Å². The average Bonchev–Trinajstić information content (AvgIpc) is 2.16. The molecule has 0 aliphatic carbocycles. The van der Waals surface area contributed by atoms with Crippen molar-refractivity contribution in [1.82, 2.24) is 10.2 Å². The first kappa shape index (κ1) is 10.2. The van der Waals surface area contributed by atoms with Gasteiger partial charge in [0.05, 0.1) is 6.07 Å². The fourth-order valence-electron chi connectivity index (χ4n) is 1.59. The Kier molecular flexibility index (Phi) is 3.47. The molecule has 0 aromatic rings. The van der Waals surface area contributed by atoms with Gasteiger partial charge in [-0.05, 0) is 13.8 Å². The molecule has 72 valence electrons. The Morgan fingerprint density at radius 2 is 2.00 bits per heavy atom. The molecule has 1 aliphatic heterocycles. The van der Waals surface area contributed by atoms with E-state index in [1.165, 1.54) is 0 Å². The lowest BCUT2D eigenvalue weighted by molar-refractivity contribution is 0.142. The Morgan fingerprint density at radius 1 is 1.38 bits per heavy atom. The van der Waals surface area contributed by atoms with E-state index in [1.807, 2.05) is 12.1 Å². The lowest BCUT2D eigenvalue weighted by Gasteiger charge is -2.39. The molecule has 1 aliphatic rings. The second kappa shape index (κ2) is 4.40. The van der Waals surface area contributed by atoms with E-state index in [2.05, 4.69) is 24.1 Å². The molecule has 0 saturated carbocycles. The van der Waals surface area contributed by atoms with Crippen LogP contribution in [0, 0.1) is 11.3 Å². The van der Waals surface area contributed by atoms with Gasteiger partial charge in [-0.2, -0.15) is 5.26 Å². The molecule has 0 bridgehead atoms. The summed E-state index contributed by atoms with van der Waals surface area (Å²) in [7, 11) is 0. The van der Waals surface area contributed by atoms with E-state index >= 15 is 0 Å². The topological polar surface area (TPSA) is 39.1 Å². The van der Waals surface area contributed by atoms with Crippen molar-refractivity contribution < 1.29 is 0 Å². The quantitative estimate of drug-likeness (QED) is 0.636. The van der Waals surface area contributed by atoms with Gasteiger partial charge in [-0.3, -0.25) is 4.90 Å². The first-order chi connectivity index (χ1) is 6.17. The summed E-state index contributed by atoms with van der Waals surface area (Å²) < 4.78 is 0. The van der Waals surface area contributed by atoms with E-state index in [0.29, 0.717) is 0 Å². The molecule has 0 amide bonds. The molecule has 1 fully saturated rings. The first-order valence-electron chi connectivity index (χ1n) is 4.70. The van der Waals surface area contributed by atoms with Gasteiger partial charge in [0, 0.05) is 37.8 Å². The third kappa shape index (κ3) is 2.83. The van der Waals surface area contributed by atoms with Gasteiger partial charge in [0.2, 0.25) is 0 Å². The summed E-state index contributed by atoms with van der Waals surface area (Å²) in [6.07, 6.45) is 3.54. The van der Waals surface area contributed by atoms with Gasteiger partial charge in [-0.25, -0.2) is 0 Å². The Labute approximate surface area is 80.0 Å². The van der Waals surface area contributed by atoms with Crippen molar-refractivity contribution in [3.63, 3.8) is 0 Å². The van der Waals surface area contributed by atoms with E-state index in [9.17, 15) is 0 Å². The highest BCUT2D eigenvalue weighted by Gasteiger charge is 2.24. The second-order valence-electron chi connectivity index (χ2n) is 3.85. The Bertz CT molecular complexity index is 219. The largest absolute Gasteiger partial charge is 0.314 e. The zero-order chi connectivity index (χ0) is 9.73. The van der Waals surface area contributed by atoms with Gasteiger partial charge in [-0.15, -0.1) is 0 Å². The third-order valence-corrected chi connectivity index (χ3v) is 2.50. The zero-order valence-electron chi connectivity index (χ0n) is 8.38. The SMILES string of the molecule is CC(C)(C=CC#N)N1CCNCC1. The molecule has 0 unspecified atom stereocenters.